The minimum atomic E-state index is 1.17. The summed E-state index contributed by atoms with van der Waals surface area (Å²) in [4.78, 5) is 0. The van der Waals surface area contributed by atoms with Gasteiger partial charge in [-0.1, -0.05) is 23.8 Å². The number of allylic oxidation sites excluding steroid dienone is 2. The summed E-state index contributed by atoms with van der Waals surface area (Å²) in [7, 11) is 1.98. The van der Waals surface area contributed by atoms with E-state index in [4.69, 9.17) is 0 Å². The van der Waals surface area contributed by atoms with E-state index in [0.29, 0.717) is 0 Å². The summed E-state index contributed by atoms with van der Waals surface area (Å²) in [5.74, 6) is 0. The molecule has 2 rings (SSSR count). The minimum absolute atomic E-state index is 1.17. The molecule has 1 aliphatic carbocycles. The van der Waals surface area contributed by atoms with Gasteiger partial charge < -0.3 is 5.32 Å². The summed E-state index contributed by atoms with van der Waals surface area (Å²) >= 11 is 0. The molecule has 0 aliphatic heterocycles. The molecule has 0 radical (unpaired) electrons. The van der Waals surface area contributed by atoms with Gasteiger partial charge in [0.15, 0.2) is 0 Å². The molecule has 0 spiro atoms. The lowest BCUT2D eigenvalue weighted by Crippen LogP contribution is -2.01. The number of hydrogen-bond donors (Lipinski definition) is 1. The smallest absolute Gasteiger partial charge is 0.0417 e. The van der Waals surface area contributed by atoms with Crippen molar-refractivity contribution in [1.82, 2.24) is 0 Å². The molecular weight excluding hydrogens is 194 g/mol. The number of fused-ring (bicyclic) bond motifs is 1. The van der Waals surface area contributed by atoms with Gasteiger partial charge in [0, 0.05) is 12.7 Å². The van der Waals surface area contributed by atoms with Gasteiger partial charge in [-0.3, -0.25) is 0 Å². The Morgan fingerprint density at radius 2 is 2.06 bits per heavy atom. The van der Waals surface area contributed by atoms with Crippen molar-refractivity contribution in [3.05, 3.63) is 40.5 Å². The lowest BCUT2D eigenvalue weighted by atomic mass is 9.90. The van der Waals surface area contributed by atoms with Crippen LogP contribution in [0.3, 0.4) is 0 Å². The summed E-state index contributed by atoms with van der Waals surface area (Å²) in [5, 5.41) is 3.26. The highest BCUT2D eigenvalue weighted by molar-refractivity contribution is 5.73. The molecule has 0 unspecified atom stereocenters. The molecule has 1 aromatic rings. The van der Waals surface area contributed by atoms with Crippen molar-refractivity contribution in [2.24, 2.45) is 0 Å². The summed E-state index contributed by atoms with van der Waals surface area (Å²) in [5.41, 5.74) is 6.83. The Labute approximate surface area is 97.9 Å². The fourth-order valence-corrected chi connectivity index (χ4v) is 2.23. The highest BCUT2D eigenvalue weighted by Gasteiger charge is 2.10. The third-order valence-electron chi connectivity index (χ3n) is 3.12. The molecule has 0 saturated heterocycles. The number of aryl methyl sites for hydroxylation is 1. The van der Waals surface area contributed by atoms with Crippen LogP contribution in [0.5, 0.6) is 0 Å². The molecule has 84 valence electrons. The van der Waals surface area contributed by atoms with Gasteiger partial charge in [-0.05, 0) is 55.5 Å². The third kappa shape index (κ3) is 2.04. The van der Waals surface area contributed by atoms with Gasteiger partial charge in [-0.2, -0.15) is 0 Å². The van der Waals surface area contributed by atoms with Crippen molar-refractivity contribution in [1.29, 1.82) is 0 Å². The minimum Gasteiger partial charge on any atom is -0.388 e. The lowest BCUT2D eigenvalue weighted by molar-refractivity contribution is 0.927. The van der Waals surface area contributed by atoms with E-state index in [0.717, 1.165) is 0 Å². The van der Waals surface area contributed by atoms with Gasteiger partial charge in [0.2, 0.25) is 0 Å². The normalized spacial score (nSPS) is 14.8. The van der Waals surface area contributed by atoms with Crippen LogP contribution >= 0.6 is 0 Å². The molecule has 0 saturated carbocycles. The van der Waals surface area contributed by atoms with E-state index in [9.17, 15) is 0 Å². The second-order valence-corrected chi connectivity index (χ2v) is 4.38. The average Bonchev–Trinajstić information content (AvgIpc) is 2.29. The first-order chi connectivity index (χ1) is 7.74. The van der Waals surface area contributed by atoms with Crippen LogP contribution in [0, 0.1) is 0 Å². The molecule has 0 fully saturated rings. The Kier molecular flexibility index (Phi) is 3.14. The molecule has 1 aliphatic rings. The molecule has 1 nitrogen and oxygen atoms in total. The van der Waals surface area contributed by atoms with Crippen LogP contribution in [0.4, 0.5) is 5.69 Å². The van der Waals surface area contributed by atoms with E-state index in [1.165, 1.54) is 40.8 Å². The van der Waals surface area contributed by atoms with Crippen LogP contribution in [0.1, 0.15) is 37.0 Å². The molecule has 1 aromatic carbocycles. The first-order valence-corrected chi connectivity index (χ1v) is 5.89. The number of rotatable bonds is 2. The van der Waals surface area contributed by atoms with Crippen LogP contribution in [0.15, 0.2) is 23.8 Å². The van der Waals surface area contributed by atoms with Gasteiger partial charge in [0.1, 0.15) is 0 Å². The van der Waals surface area contributed by atoms with Crippen molar-refractivity contribution in [2.75, 3.05) is 12.4 Å². The highest BCUT2D eigenvalue weighted by Crippen LogP contribution is 2.29. The molecule has 0 amide bonds. The van der Waals surface area contributed by atoms with Crippen molar-refractivity contribution in [3.63, 3.8) is 0 Å². The average molecular weight is 213 g/mol. The molecular formula is C15H19N. The Hall–Kier alpha value is -1.50. The Balaban J connectivity index is 2.53. The summed E-state index contributed by atoms with van der Waals surface area (Å²) in [6, 6.07) is 4.57. The number of hydrogen-bond acceptors (Lipinski definition) is 1. The van der Waals surface area contributed by atoms with Gasteiger partial charge in [0.05, 0.1) is 0 Å². The van der Waals surface area contributed by atoms with Crippen LogP contribution in [0.25, 0.3) is 12.2 Å². The molecule has 1 N–H and O–H groups in total. The van der Waals surface area contributed by atoms with Crippen LogP contribution < -0.4 is 5.32 Å². The van der Waals surface area contributed by atoms with E-state index in [-0.39, 0.29) is 0 Å². The van der Waals surface area contributed by atoms with Crippen molar-refractivity contribution in [3.8, 4) is 0 Å². The molecule has 0 aromatic heterocycles. The van der Waals surface area contributed by atoms with Crippen molar-refractivity contribution in [2.45, 2.75) is 26.7 Å². The van der Waals surface area contributed by atoms with E-state index in [1.54, 1.807) is 0 Å². The molecule has 0 atom stereocenters. The Morgan fingerprint density at radius 3 is 2.75 bits per heavy atom. The maximum absolute atomic E-state index is 3.26. The summed E-state index contributed by atoms with van der Waals surface area (Å²) < 4.78 is 0. The highest BCUT2D eigenvalue weighted by atomic mass is 14.8. The fourth-order valence-electron chi connectivity index (χ4n) is 2.23. The van der Waals surface area contributed by atoms with Crippen molar-refractivity contribution < 1.29 is 0 Å². The van der Waals surface area contributed by atoms with Crippen molar-refractivity contribution >= 4 is 17.8 Å². The molecule has 1 heteroatoms. The van der Waals surface area contributed by atoms with Crippen LogP contribution in [0.2, 0.25) is 0 Å². The van der Waals surface area contributed by atoms with E-state index >= 15 is 0 Å². The zero-order valence-electron chi connectivity index (χ0n) is 10.3. The first kappa shape index (κ1) is 11.0. The fraction of sp³-hybridized carbons (Fsp3) is 0.333. The number of anilines is 1. The second-order valence-electron chi connectivity index (χ2n) is 4.38. The van der Waals surface area contributed by atoms with E-state index in [2.05, 4.69) is 49.5 Å². The monoisotopic (exact) mass is 213 g/mol. The predicted molar refractivity (Wildman–Crippen MR) is 72.7 cm³/mol. The second kappa shape index (κ2) is 4.56. The standard InChI is InChI=1S/C15H19N/c1-4-5-13-9-12-7-6-11(2)8-14(12)10-15(13)16-3/h4-5,8-10,16H,6-7H2,1-3H3/b5-4+. The molecule has 0 bridgehead atoms. The topological polar surface area (TPSA) is 12.0 Å². The maximum Gasteiger partial charge on any atom is 0.0417 e. The number of benzene rings is 1. The molecule has 0 heterocycles. The van der Waals surface area contributed by atoms with Gasteiger partial charge in [-0.15, -0.1) is 0 Å². The third-order valence-corrected chi connectivity index (χ3v) is 3.12. The zero-order valence-corrected chi connectivity index (χ0v) is 10.3. The maximum atomic E-state index is 3.26. The Bertz CT molecular complexity index is 453. The van der Waals surface area contributed by atoms with E-state index in [1.807, 2.05) is 7.05 Å². The van der Waals surface area contributed by atoms with Crippen LogP contribution in [-0.4, -0.2) is 7.05 Å². The zero-order chi connectivity index (χ0) is 11.5. The summed E-state index contributed by atoms with van der Waals surface area (Å²) in [6.07, 6.45) is 8.93. The largest absolute Gasteiger partial charge is 0.388 e. The Morgan fingerprint density at radius 1 is 1.25 bits per heavy atom. The SMILES string of the molecule is C/C=C/c1cc2c(cc1NC)C=C(C)CC2. The van der Waals surface area contributed by atoms with Gasteiger partial charge in [-0.25, -0.2) is 0 Å². The predicted octanol–water partition coefficient (Wildman–Crippen LogP) is 4.11. The number of nitrogens with one attached hydrogen (secondary N) is 1. The lowest BCUT2D eigenvalue weighted by Gasteiger charge is -2.17. The summed E-state index contributed by atoms with van der Waals surface area (Å²) in [6.45, 7) is 4.27. The quantitative estimate of drug-likeness (QED) is 0.779. The van der Waals surface area contributed by atoms with Gasteiger partial charge >= 0.3 is 0 Å². The first-order valence-electron chi connectivity index (χ1n) is 5.89. The van der Waals surface area contributed by atoms with Crippen LogP contribution in [-0.2, 0) is 6.42 Å². The van der Waals surface area contributed by atoms with Gasteiger partial charge in [0.25, 0.3) is 0 Å². The molecule has 16 heavy (non-hydrogen) atoms. The van der Waals surface area contributed by atoms with E-state index < -0.39 is 0 Å².